The average molecular weight is 359 g/mol. The van der Waals surface area contributed by atoms with E-state index in [1.54, 1.807) is 42.5 Å². The summed E-state index contributed by atoms with van der Waals surface area (Å²) in [6.45, 7) is 0. The summed E-state index contributed by atoms with van der Waals surface area (Å²) in [6.07, 6.45) is 1.54. The second-order valence-electron chi connectivity index (χ2n) is 5.81. The number of ether oxygens (including phenoxy) is 2. The van der Waals surface area contributed by atoms with Crippen LogP contribution in [0.3, 0.4) is 0 Å². The van der Waals surface area contributed by atoms with Gasteiger partial charge in [0.25, 0.3) is 0 Å². The van der Waals surface area contributed by atoms with Crippen LogP contribution < -0.4 is 4.74 Å². The van der Waals surface area contributed by atoms with Crippen molar-refractivity contribution in [2.75, 3.05) is 0 Å². The highest BCUT2D eigenvalue weighted by atomic mass is 19.1. The summed E-state index contributed by atoms with van der Waals surface area (Å²) in [6, 6.07) is 22.4. The molecule has 0 atom stereocenters. The molecule has 0 bridgehead atoms. The first kappa shape index (κ1) is 16.7. The van der Waals surface area contributed by atoms with Crippen LogP contribution in [0.15, 0.2) is 89.6 Å². The van der Waals surface area contributed by atoms with E-state index in [9.17, 15) is 9.18 Å². The number of esters is 1. The molecule has 0 unspecified atom stereocenters. The van der Waals surface area contributed by atoms with Crippen molar-refractivity contribution in [3.63, 3.8) is 0 Å². The Morgan fingerprint density at radius 2 is 1.63 bits per heavy atom. The van der Waals surface area contributed by atoms with E-state index in [0.29, 0.717) is 16.9 Å². The van der Waals surface area contributed by atoms with Crippen molar-refractivity contribution in [1.82, 2.24) is 0 Å². The van der Waals surface area contributed by atoms with Gasteiger partial charge < -0.3 is 9.47 Å². The van der Waals surface area contributed by atoms with Crippen molar-refractivity contribution in [1.29, 1.82) is 0 Å². The minimum Gasteiger partial charge on any atom is -0.454 e. The van der Waals surface area contributed by atoms with Gasteiger partial charge >= 0.3 is 5.97 Å². The minimum absolute atomic E-state index is 0.0641. The average Bonchev–Trinajstić information content (AvgIpc) is 3.06. The third kappa shape index (κ3) is 3.77. The molecule has 0 saturated carbocycles. The maximum atomic E-state index is 14.1. The standard InChI is InChI=1S/C22H14FNO3/c23-18-12-11-15(14-20(18)26-17-9-5-2-6-10-17)13-19-22(25)27-21(24-19)16-7-3-1-4-8-16/h1-14H. The zero-order chi connectivity index (χ0) is 18.6. The van der Waals surface area contributed by atoms with Crippen LogP contribution >= 0.6 is 0 Å². The number of nitrogens with zero attached hydrogens (tertiary/aromatic N) is 1. The molecule has 4 rings (SSSR count). The first-order valence-corrected chi connectivity index (χ1v) is 8.29. The van der Waals surface area contributed by atoms with E-state index >= 15 is 0 Å². The Bertz CT molecular complexity index is 1040. The largest absolute Gasteiger partial charge is 0.454 e. The first-order chi connectivity index (χ1) is 13.2. The molecule has 3 aromatic rings. The Hall–Kier alpha value is -3.73. The molecule has 0 radical (unpaired) electrons. The molecule has 1 aliphatic rings. The fraction of sp³-hybridized carbons (Fsp3) is 0. The molecule has 1 aliphatic heterocycles. The molecule has 0 aliphatic carbocycles. The number of aliphatic imine (C=N–C) groups is 1. The Balaban J connectivity index is 1.63. The number of hydrogen-bond acceptors (Lipinski definition) is 4. The summed E-state index contributed by atoms with van der Waals surface area (Å²) < 4.78 is 24.9. The Morgan fingerprint density at radius 1 is 0.926 bits per heavy atom. The molecule has 4 nitrogen and oxygen atoms in total. The first-order valence-electron chi connectivity index (χ1n) is 8.29. The van der Waals surface area contributed by atoms with Crippen LogP contribution in [0.5, 0.6) is 11.5 Å². The molecule has 0 spiro atoms. The van der Waals surface area contributed by atoms with Crippen molar-refractivity contribution >= 4 is 17.9 Å². The minimum atomic E-state index is -0.552. The van der Waals surface area contributed by atoms with E-state index in [0.717, 1.165) is 0 Å². The number of carbonyl (C=O) groups is 1. The van der Waals surface area contributed by atoms with Crippen molar-refractivity contribution in [3.8, 4) is 11.5 Å². The fourth-order valence-electron chi connectivity index (χ4n) is 2.57. The maximum Gasteiger partial charge on any atom is 0.363 e. The topological polar surface area (TPSA) is 47.9 Å². The van der Waals surface area contributed by atoms with Gasteiger partial charge in [0.05, 0.1) is 0 Å². The number of hydrogen-bond donors (Lipinski definition) is 0. The lowest BCUT2D eigenvalue weighted by atomic mass is 10.1. The number of para-hydroxylation sites is 1. The highest BCUT2D eigenvalue weighted by Crippen LogP contribution is 2.27. The molecule has 0 fully saturated rings. The SMILES string of the molecule is O=C1OC(c2ccccc2)=NC1=Cc1ccc(F)c(Oc2ccccc2)c1. The van der Waals surface area contributed by atoms with Gasteiger partial charge in [-0.3, -0.25) is 0 Å². The molecule has 5 heteroatoms. The van der Waals surface area contributed by atoms with Gasteiger partial charge in [-0.25, -0.2) is 14.2 Å². The van der Waals surface area contributed by atoms with Crippen LogP contribution in [-0.2, 0) is 9.53 Å². The van der Waals surface area contributed by atoms with Gasteiger partial charge in [-0.2, -0.15) is 0 Å². The molecular weight excluding hydrogens is 345 g/mol. The van der Waals surface area contributed by atoms with Crippen molar-refractivity contribution in [3.05, 3.63) is 102 Å². The lowest BCUT2D eigenvalue weighted by molar-refractivity contribution is -0.129. The van der Waals surface area contributed by atoms with Gasteiger partial charge in [-0.05, 0) is 48.0 Å². The summed E-state index contributed by atoms with van der Waals surface area (Å²) in [4.78, 5) is 16.3. The van der Waals surface area contributed by atoms with E-state index in [-0.39, 0.29) is 17.3 Å². The third-order valence-electron chi connectivity index (χ3n) is 3.87. The molecule has 0 N–H and O–H groups in total. The second kappa shape index (κ2) is 7.25. The van der Waals surface area contributed by atoms with Crippen LogP contribution in [0.25, 0.3) is 6.08 Å². The number of halogens is 1. The van der Waals surface area contributed by atoms with Crippen LogP contribution in [0.4, 0.5) is 4.39 Å². The van der Waals surface area contributed by atoms with Gasteiger partial charge in [0.1, 0.15) is 5.75 Å². The van der Waals surface area contributed by atoms with Crippen LogP contribution in [0.1, 0.15) is 11.1 Å². The van der Waals surface area contributed by atoms with E-state index < -0.39 is 11.8 Å². The molecule has 132 valence electrons. The van der Waals surface area contributed by atoms with E-state index in [1.165, 1.54) is 18.2 Å². The van der Waals surface area contributed by atoms with Crippen molar-refractivity contribution in [2.45, 2.75) is 0 Å². The smallest absolute Gasteiger partial charge is 0.363 e. The van der Waals surface area contributed by atoms with Crippen LogP contribution in [0.2, 0.25) is 0 Å². The molecule has 1 heterocycles. The van der Waals surface area contributed by atoms with Crippen LogP contribution in [0, 0.1) is 5.82 Å². The van der Waals surface area contributed by atoms with Gasteiger partial charge in [0, 0.05) is 5.56 Å². The Kier molecular flexibility index (Phi) is 4.49. The molecular formula is C22H14FNO3. The third-order valence-corrected chi connectivity index (χ3v) is 3.87. The lowest BCUT2D eigenvalue weighted by Crippen LogP contribution is -2.04. The Labute approximate surface area is 155 Å². The van der Waals surface area contributed by atoms with E-state index in [2.05, 4.69) is 4.99 Å². The molecule has 0 amide bonds. The van der Waals surface area contributed by atoms with Gasteiger partial charge in [-0.1, -0.05) is 42.5 Å². The molecule has 0 saturated heterocycles. The summed E-state index contributed by atoms with van der Waals surface area (Å²) in [5, 5.41) is 0. The quantitative estimate of drug-likeness (QED) is 0.488. The van der Waals surface area contributed by atoms with E-state index in [4.69, 9.17) is 9.47 Å². The van der Waals surface area contributed by atoms with Gasteiger partial charge in [0.2, 0.25) is 5.90 Å². The van der Waals surface area contributed by atoms with Crippen molar-refractivity contribution < 1.29 is 18.7 Å². The normalized spacial score (nSPS) is 14.8. The molecule has 27 heavy (non-hydrogen) atoms. The second-order valence-corrected chi connectivity index (χ2v) is 5.81. The predicted octanol–water partition coefficient (Wildman–Crippen LogP) is 4.96. The monoisotopic (exact) mass is 359 g/mol. The predicted molar refractivity (Wildman–Crippen MR) is 100.0 cm³/mol. The summed E-state index contributed by atoms with van der Waals surface area (Å²) in [5.41, 5.74) is 1.43. The summed E-state index contributed by atoms with van der Waals surface area (Å²) >= 11 is 0. The van der Waals surface area contributed by atoms with Gasteiger partial charge in [-0.15, -0.1) is 0 Å². The Morgan fingerprint density at radius 3 is 2.37 bits per heavy atom. The zero-order valence-corrected chi connectivity index (χ0v) is 14.1. The number of carbonyl (C=O) groups excluding carboxylic acids is 1. The number of cyclic esters (lactones) is 1. The maximum absolute atomic E-state index is 14.1. The molecule has 3 aromatic carbocycles. The fourth-order valence-corrected chi connectivity index (χ4v) is 2.57. The highest BCUT2D eigenvalue weighted by Gasteiger charge is 2.24. The summed E-state index contributed by atoms with van der Waals surface area (Å²) in [7, 11) is 0. The molecule has 0 aromatic heterocycles. The summed E-state index contributed by atoms with van der Waals surface area (Å²) in [5.74, 6) is -0.220. The number of rotatable bonds is 4. The van der Waals surface area contributed by atoms with Crippen molar-refractivity contribution in [2.24, 2.45) is 4.99 Å². The highest BCUT2D eigenvalue weighted by molar-refractivity contribution is 6.12. The number of benzene rings is 3. The van der Waals surface area contributed by atoms with E-state index in [1.807, 2.05) is 24.3 Å². The van der Waals surface area contributed by atoms with Crippen LogP contribution in [-0.4, -0.2) is 11.9 Å². The zero-order valence-electron chi connectivity index (χ0n) is 14.1. The lowest BCUT2D eigenvalue weighted by Gasteiger charge is -2.07. The van der Waals surface area contributed by atoms with Gasteiger partial charge in [0.15, 0.2) is 17.3 Å².